The van der Waals surface area contributed by atoms with E-state index in [0.717, 1.165) is 26.1 Å². The highest BCUT2D eigenvalue weighted by Crippen LogP contribution is 2.26. The van der Waals surface area contributed by atoms with Crippen molar-refractivity contribution in [2.75, 3.05) is 25.4 Å². The van der Waals surface area contributed by atoms with Crippen LogP contribution in [0.5, 0.6) is 0 Å². The number of halogens is 1. The number of benzene rings is 1. The molecule has 2 aliphatic heterocycles. The van der Waals surface area contributed by atoms with Crippen molar-refractivity contribution < 1.29 is 17.1 Å². The van der Waals surface area contributed by atoms with Gasteiger partial charge in [0.25, 0.3) is 0 Å². The number of hydrogen-bond donors (Lipinski definition) is 0. The van der Waals surface area contributed by atoms with Crippen LogP contribution in [0.4, 0.5) is 3.89 Å². The van der Waals surface area contributed by atoms with Crippen molar-refractivity contribution >= 4 is 16.1 Å². The molecule has 0 spiro atoms. The van der Waals surface area contributed by atoms with Crippen LogP contribution in [0.15, 0.2) is 30.3 Å². The SMILES string of the molecule is O=C1CC(CS(=O)(=O)F)CN1C1CCN(Cc2ccccc2)C1. The predicted octanol–water partition coefficient (Wildman–Crippen LogP) is 1.41. The third kappa shape index (κ3) is 4.29. The Hall–Kier alpha value is -1.47. The minimum absolute atomic E-state index is 0.0507. The van der Waals surface area contributed by atoms with E-state index in [1.807, 2.05) is 18.2 Å². The van der Waals surface area contributed by atoms with Crippen molar-refractivity contribution in [2.45, 2.75) is 25.4 Å². The molecule has 0 aliphatic carbocycles. The van der Waals surface area contributed by atoms with Crippen molar-refractivity contribution in [3.63, 3.8) is 0 Å². The molecule has 126 valence electrons. The molecule has 2 fully saturated rings. The van der Waals surface area contributed by atoms with E-state index >= 15 is 0 Å². The van der Waals surface area contributed by atoms with Crippen LogP contribution in [0.25, 0.3) is 0 Å². The molecule has 2 atom stereocenters. The highest BCUT2D eigenvalue weighted by atomic mass is 32.3. The van der Waals surface area contributed by atoms with Crippen LogP contribution in [0.3, 0.4) is 0 Å². The Morgan fingerprint density at radius 3 is 2.61 bits per heavy atom. The fourth-order valence-electron chi connectivity index (χ4n) is 3.61. The van der Waals surface area contributed by atoms with Gasteiger partial charge in [0.1, 0.15) is 0 Å². The maximum absolute atomic E-state index is 12.8. The van der Waals surface area contributed by atoms with Gasteiger partial charge >= 0.3 is 10.2 Å². The molecule has 3 rings (SSSR count). The molecule has 0 aromatic heterocycles. The number of carbonyl (C=O) groups excluding carboxylic acids is 1. The Bertz CT molecular complexity index is 665. The van der Waals surface area contributed by atoms with Crippen LogP contribution in [0.2, 0.25) is 0 Å². The molecule has 2 saturated heterocycles. The first-order valence-electron chi connectivity index (χ1n) is 7.89. The molecule has 0 N–H and O–H groups in total. The molecule has 7 heteroatoms. The summed E-state index contributed by atoms with van der Waals surface area (Å²) in [4.78, 5) is 16.2. The molecule has 0 saturated carbocycles. The van der Waals surface area contributed by atoms with Crippen LogP contribution < -0.4 is 0 Å². The van der Waals surface area contributed by atoms with Gasteiger partial charge in [-0.3, -0.25) is 9.69 Å². The van der Waals surface area contributed by atoms with Crippen LogP contribution in [0.1, 0.15) is 18.4 Å². The molecule has 1 aromatic rings. The summed E-state index contributed by atoms with van der Waals surface area (Å²) in [5, 5.41) is 0. The maximum Gasteiger partial charge on any atom is 0.302 e. The number of rotatable bonds is 5. The van der Waals surface area contributed by atoms with E-state index in [2.05, 4.69) is 17.0 Å². The van der Waals surface area contributed by atoms with E-state index in [4.69, 9.17) is 0 Å². The summed E-state index contributed by atoms with van der Waals surface area (Å²) in [6.07, 6.45) is 1.02. The first kappa shape index (κ1) is 16.4. The lowest BCUT2D eigenvalue weighted by atomic mass is 10.1. The average Bonchev–Trinajstić information content (AvgIpc) is 3.05. The van der Waals surface area contributed by atoms with Gasteiger partial charge in [0.15, 0.2) is 0 Å². The normalized spacial score (nSPS) is 26.1. The molecule has 23 heavy (non-hydrogen) atoms. The third-order valence-electron chi connectivity index (χ3n) is 4.61. The summed E-state index contributed by atoms with van der Waals surface area (Å²) in [5.74, 6) is -1.01. The van der Waals surface area contributed by atoms with E-state index in [-0.39, 0.29) is 18.4 Å². The zero-order chi connectivity index (χ0) is 16.4. The van der Waals surface area contributed by atoms with Crippen LogP contribution in [0, 0.1) is 5.92 Å². The quantitative estimate of drug-likeness (QED) is 0.761. The second kappa shape index (κ2) is 6.57. The zero-order valence-electron chi connectivity index (χ0n) is 12.9. The number of amides is 1. The van der Waals surface area contributed by atoms with Gasteiger partial charge in [-0.1, -0.05) is 30.3 Å². The molecular weight excluding hydrogens is 319 g/mol. The molecule has 2 heterocycles. The molecule has 2 unspecified atom stereocenters. The van der Waals surface area contributed by atoms with Gasteiger partial charge in [-0.05, 0) is 12.0 Å². The number of hydrogen-bond acceptors (Lipinski definition) is 4. The van der Waals surface area contributed by atoms with Gasteiger partial charge in [0.05, 0.1) is 5.75 Å². The van der Waals surface area contributed by atoms with Crippen molar-refractivity contribution in [1.29, 1.82) is 0 Å². The lowest BCUT2D eigenvalue weighted by molar-refractivity contribution is -0.129. The second-order valence-corrected chi connectivity index (χ2v) is 7.90. The molecule has 0 bridgehead atoms. The minimum atomic E-state index is -4.52. The Labute approximate surface area is 136 Å². The highest BCUT2D eigenvalue weighted by Gasteiger charge is 2.38. The van der Waals surface area contributed by atoms with E-state index in [1.165, 1.54) is 5.56 Å². The molecule has 1 aromatic carbocycles. The summed E-state index contributed by atoms with van der Waals surface area (Å²) in [5.41, 5.74) is 1.24. The van der Waals surface area contributed by atoms with Gasteiger partial charge in [-0.25, -0.2) is 0 Å². The highest BCUT2D eigenvalue weighted by molar-refractivity contribution is 7.86. The maximum atomic E-state index is 12.8. The van der Waals surface area contributed by atoms with Crippen molar-refractivity contribution in [3.8, 4) is 0 Å². The third-order valence-corrected chi connectivity index (χ3v) is 5.48. The van der Waals surface area contributed by atoms with E-state index in [9.17, 15) is 17.1 Å². The van der Waals surface area contributed by atoms with Gasteiger partial charge < -0.3 is 4.90 Å². The van der Waals surface area contributed by atoms with Gasteiger partial charge in [-0.2, -0.15) is 8.42 Å². The molecule has 5 nitrogen and oxygen atoms in total. The van der Waals surface area contributed by atoms with Crippen LogP contribution in [-0.4, -0.2) is 55.6 Å². The molecule has 2 aliphatic rings. The fourth-order valence-corrected chi connectivity index (χ4v) is 4.39. The zero-order valence-corrected chi connectivity index (χ0v) is 13.7. The summed E-state index contributed by atoms with van der Waals surface area (Å²) >= 11 is 0. The summed E-state index contributed by atoms with van der Waals surface area (Å²) in [6.45, 7) is 2.90. The monoisotopic (exact) mass is 340 g/mol. The van der Waals surface area contributed by atoms with Gasteiger partial charge in [0, 0.05) is 44.6 Å². The Morgan fingerprint density at radius 2 is 1.91 bits per heavy atom. The predicted molar refractivity (Wildman–Crippen MR) is 84.8 cm³/mol. The van der Waals surface area contributed by atoms with E-state index in [1.54, 1.807) is 4.90 Å². The van der Waals surface area contributed by atoms with Gasteiger partial charge in [0.2, 0.25) is 5.91 Å². The van der Waals surface area contributed by atoms with Crippen LogP contribution >= 0.6 is 0 Å². The topological polar surface area (TPSA) is 57.7 Å². The molecular formula is C16H21FN2O3S. The Kier molecular flexibility index (Phi) is 4.68. The first-order valence-corrected chi connectivity index (χ1v) is 9.44. The largest absolute Gasteiger partial charge is 0.338 e. The standard InChI is InChI=1S/C16H21FN2O3S/c17-23(21,22)12-14-8-16(20)19(10-14)15-6-7-18(11-15)9-13-4-2-1-3-5-13/h1-5,14-15H,6-12H2. The average molecular weight is 340 g/mol. The van der Waals surface area contributed by atoms with Crippen LogP contribution in [-0.2, 0) is 21.6 Å². The molecule has 1 amide bonds. The summed E-state index contributed by atoms with van der Waals surface area (Å²) in [7, 11) is -4.52. The van der Waals surface area contributed by atoms with E-state index in [0.29, 0.717) is 6.54 Å². The number of carbonyl (C=O) groups is 1. The Morgan fingerprint density at radius 1 is 1.17 bits per heavy atom. The second-order valence-electron chi connectivity index (χ2n) is 6.48. The number of likely N-dealkylation sites (tertiary alicyclic amines) is 2. The lowest BCUT2D eigenvalue weighted by Crippen LogP contribution is -2.38. The van der Waals surface area contributed by atoms with Gasteiger partial charge in [-0.15, -0.1) is 3.89 Å². The fraction of sp³-hybridized carbons (Fsp3) is 0.562. The summed E-state index contributed by atoms with van der Waals surface area (Å²) < 4.78 is 34.4. The first-order chi connectivity index (χ1) is 10.9. The smallest absolute Gasteiger partial charge is 0.302 e. The Balaban J connectivity index is 1.55. The summed E-state index contributed by atoms with van der Waals surface area (Å²) in [6, 6.07) is 10.3. The van der Waals surface area contributed by atoms with Crippen molar-refractivity contribution in [3.05, 3.63) is 35.9 Å². The van der Waals surface area contributed by atoms with E-state index < -0.39 is 21.9 Å². The number of nitrogens with zero attached hydrogens (tertiary/aromatic N) is 2. The van der Waals surface area contributed by atoms with Crippen molar-refractivity contribution in [1.82, 2.24) is 9.80 Å². The minimum Gasteiger partial charge on any atom is -0.338 e. The molecule has 0 radical (unpaired) electrons. The van der Waals surface area contributed by atoms with Crippen molar-refractivity contribution in [2.24, 2.45) is 5.92 Å². The lowest BCUT2D eigenvalue weighted by Gasteiger charge is -2.25.